The number of aromatic nitrogens is 2. The van der Waals surface area contributed by atoms with Crippen LogP contribution in [0.4, 0.5) is 0 Å². The standard InChI is InChI=1S/C20H28N4O3/c1-3-4-17-15-19(25)24(21-17)18-7-5-16(6-8-18)20(26)22(2)9-10-23-11-13-27-14-12-23/h5-8,15,21H,3-4,9-14H2,1-2H3. The first-order valence-corrected chi connectivity index (χ1v) is 9.55. The van der Waals surface area contributed by atoms with Gasteiger partial charge in [-0.1, -0.05) is 13.3 Å². The number of nitrogens with one attached hydrogen (secondary N) is 1. The summed E-state index contributed by atoms with van der Waals surface area (Å²) < 4.78 is 6.86. The molecule has 0 radical (unpaired) electrons. The molecule has 1 N–H and O–H groups in total. The van der Waals surface area contributed by atoms with Crippen LogP contribution < -0.4 is 5.56 Å². The Bertz CT molecular complexity index is 803. The number of carbonyl (C=O) groups excluding carboxylic acids is 1. The van der Waals surface area contributed by atoms with Gasteiger partial charge in [0.15, 0.2) is 0 Å². The maximum absolute atomic E-state index is 12.6. The summed E-state index contributed by atoms with van der Waals surface area (Å²) in [4.78, 5) is 28.8. The van der Waals surface area contributed by atoms with Gasteiger partial charge < -0.3 is 9.64 Å². The average molecular weight is 372 g/mol. The lowest BCUT2D eigenvalue weighted by atomic mass is 10.2. The molecule has 1 saturated heterocycles. The molecule has 2 heterocycles. The van der Waals surface area contributed by atoms with Crippen molar-refractivity contribution in [2.75, 3.05) is 46.4 Å². The van der Waals surface area contributed by atoms with Crippen LogP contribution in [0.3, 0.4) is 0 Å². The van der Waals surface area contributed by atoms with Gasteiger partial charge in [-0.2, -0.15) is 0 Å². The Balaban J connectivity index is 1.62. The number of aromatic amines is 1. The van der Waals surface area contributed by atoms with Crippen LogP contribution in [-0.4, -0.2) is 71.9 Å². The lowest BCUT2D eigenvalue weighted by molar-refractivity contribution is 0.0338. The average Bonchev–Trinajstić information content (AvgIpc) is 3.07. The molecule has 1 aromatic carbocycles. The molecule has 1 aliphatic heterocycles. The van der Waals surface area contributed by atoms with Crippen molar-refractivity contribution in [3.63, 3.8) is 0 Å². The van der Waals surface area contributed by atoms with Gasteiger partial charge in [0.05, 0.1) is 18.9 Å². The minimum Gasteiger partial charge on any atom is -0.379 e. The fourth-order valence-electron chi connectivity index (χ4n) is 3.22. The van der Waals surface area contributed by atoms with Crippen LogP contribution in [0.25, 0.3) is 5.69 Å². The van der Waals surface area contributed by atoms with Crippen LogP contribution in [0, 0.1) is 0 Å². The minimum absolute atomic E-state index is 0.0136. The Morgan fingerprint density at radius 2 is 1.93 bits per heavy atom. The summed E-state index contributed by atoms with van der Waals surface area (Å²) in [6, 6.07) is 8.78. The van der Waals surface area contributed by atoms with Crippen molar-refractivity contribution >= 4 is 5.91 Å². The zero-order valence-corrected chi connectivity index (χ0v) is 16.1. The number of rotatable bonds is 7. The first kappa shape index (κ1) is 19.4. The molecular formula is C20H28N4O3. The maximum Gasteiger partial charge on any atom is 0.271 e. The smallest absolute Gasteiger partial charge is 0.271 e. The van der Waals surface area contributed by atoms with Gasteiger partial charge in [-0.25, -0.2) is 4.68 Å². The zero-order chi connectivity index (χ0) is 19.2. The summed E-state index contributed by atoms with van der Waals surface area (Å²) in [6.45, 7) is 6.96. The summed E-state index contributed by atoms with van der Waals surface area (Å²) >= 11 is 0. The molecule has 0 unspecified atom stereocenters. The zero-order valence-electron chi connectivity index (χ0n) is 16.1. The molecule has 0 aliphatic carbocycles. The number of carbonyl (C=O) groups is 1. The van der Waals surface area contributed by atoms with E-state index in [1.165, 1.54) is 4.68 Å². The molecule has 1 amide bonds. The Hall–Kier alpha value is -2.38. The quantitative estimate of drug-likeness (QED) is 0.800. The third-order valence-corrected chi connectivity index (χ3v) is 4.87. The van der Waals surface area contributed by atoms with Gasteiger partial charge in [0, 0.05) is 50.6 Å². The number of benzene rings is 1. The van der Waals surface area contributed by atoms with Gasteiger partial charge in [-0.05, 0) is 30.7 Å². The van der Waals surface area contributed by atoms with Crippen molar-refractivity contribution < 1.29 is 9.53 Å². The second-order valence-electron chi connectivity index (χ2n) is 6.93. The van der Waals surface area contributed by atoms with Crippen LogP contribution in [0.5, 0.6) is 0 Å². The number of aryl methyl sites for hydroxylation is 1. The number of H-pyrrole nitrogens is 1. The highest BCUT2D eigenvalue weighted by molar-refractivity contribution is 5.94. The minimum atomic E-state index is -0.0832. The fraction of sp³-hybridized carbons (Fsp3) is 0.500. The Morgan fingerprint density at radius 1 is 1.22 bits per heavy atom. The summed E-state index contributed by atoms with van der Waals surface area (Å²) in [6.07, 6.45) is 1.82. The molecule has 0 atom stereocenters. The second kappa shape index (κ2) is 9.01. The van der Waals surface area contributed by atoms with Gasteiger partial charge in [0.25, 0.3) is 11.5 Å². The molecule has 0 saturated carbocycles. The van der Waals surface area contributed by atoms with E-state index in [4.69, 9.17) is 4.74 Å². The number of nitrogens with zero attached hydrogens (tertiary/aromatic N) is 3. The van der Waals surface area contributed by atoms with Crippen LogP contribution in [0.1, 0.15) is 29.4 Å². The topological polar surface area (TPSA) is 70.6 Å². The van der Waals surface area contributed by atoms with Crippen LogP contribution >= 0.6 is 0 Å². The van der Waals surface area contributed by atoms with E-state index < -0.39 is 0 Å². The maximum atomic E-state index is 12.6. The number of morpholine rings is 1. The van der Waals surface area contributed by atoms with Gasteiger partial charge in [-0.3, -0.25) is 19.6 Å². The van der Waals surface area contributed by atoms with Gasteiger partial charge in [0.2, 0.25) is 0 Å². The van der Waals surface area contributed by atoms with Crippen LogP contribution in [-0.2, 0) is 11.2 Å². The number of ether oxygens (including phenoxy) is 1. The van der Waals surface area contributed by atoms with Crippen LogP contribution in [0.15, 0.2) is 35.1 Å². The molecule has 0 bridgehead atoms. The van der Waals surface area contributed by atoms with E-state index in [-0.39, 0.29) is 11.5 Å². The van der Waals surface area contributed by atoms with Gasteiger partial charge >= 0.3 is 0 Å². The Labute approximate surface area is 159 Å². The first-order chi connectivity index (χ1) is 13.1. The van der Waals surface area contributed by atoms with Crippen molar-refractivity contribution in [1.29, 1.82) is 0 Å². The molecule has 1 aliphatic rings. The number of hydrogen-bond acceptors (Lipinski definition) is 4. The highest BCUT2D eigenvalue weighted by Crippen LogP contribution is 2.10. The third-order valence-electron chi connectivity index (χ3n) is 4.87. The summed E-state index contributed by atoms with van der Waals surface area (Å²) in [5.41, 5.74) is 2.19. The highest BCUT2D eigenvalue weighted by Gasteiger charge is 2.15. The van der Waals surface area contributed by atoms with Crippen molar-refractivity contribution in [2.45, 2.75) is 19.8 Å². The van der Waals surface area contributed by atoms with Crippen molar-refractivity contribution in [1.82, 2.24) is 19.6 Å². The normalized spacial score (nSPS) is 15.0. The SMILES string of the molecule is CCCc1cc(=O)n(-c2ccc(C(=O)N(C)CCN3CCOCC3)cc2)[nH]1. The van der Waals surface area contributed by atoms with E-state index in [1.807, 2.05) is 7.05 Å². The highest BCUT2D eigenvalue weighted by atomic mass is 16.5. The third kappa shape index (κ3) is 4.87. The molecule has 27 heavy (non-hydrogen) atoms. The molecule has 1 fully saturated rings. The summed E-state index contributed by atoms with van der Waals surface area (Å²) in [5, 5.41) is 3.12. The van der Waals surface area contributed by atoms with Crippen molar-refractivity contribution in [2.24, 2.45) is 0 Å². The molecule has 0 spiro atoms. The number of hydrogen-bond donors (Lipinski definition) is 1. The molecule has 2 aromatic rings. The fourth-order valence-corrected chi connectivity index (χ4v) is 3.22. The van der Waals surface area contributed by atoms with Gasteiger partial charge in [0.1, 0.15) is 0 Å². The summed E-state index contributed by atoms with van der Waals surface area (Å²) in [5.74, 6) is -0.0136. The second-order valence-corrected chi connectivity index (χ2v) is 6.93. The van der Waals surface area contributed by atoms with E-state index in [1.54, 1.807) is 35.2 Å². The lowest BCUT2D eigenvalue weighted by Gasteiger charge is -2.28. The molecule has 3 rings (SSSR count). The monoisotopic (exact) mass is 372 g/mol. The van der Waals surface area contributed by atoms with Crippen LogP contribution in [0.2, 0.25) is 0 Å². The summed E-state index contributed by atoms with van der Waals surface area (Å²) in [7, 11) is 1.82. The number of amides is 1. The number of likely N-dealkylation sites (N-methyl/N-ethyl adjacent to an activating group) is 1. The van der Waals surface area contributed by atoms with E-state index in [0.29, 0.717) is 12.1 Å². The predicted molar refractivity (Wildman–Crippen MR) is 105 cm³/mol. The molecule has 7 heteroatoms. The van der Waals surface area contributed by atoms with E-state index >= 15 is 0 Å². The van der Waals surface area contributed by atoms with Crippen molar-refractivity contribution in [3.05, 3.63) is 51.9 Å². The lowest BCUT2D eigenvalue weighted by Crippen LogP contribution is -2.41. The molecular weight excluding hydrogens is 344 g/mol. The first-order valence-electron chi connectivity index (χ1n) is 9.55. The molecule has 7 nitrogen and oxygen atoms in total. The van der Waals surface area contributed by atoms with Crippen molar-refractivity contribution in [3.8, 4) is 5.69 Å². The molecule has 146 valence electrons. The van der Waals surface area contributed by atoms with E-state index in [9.17, 15) is 9.59 Å². The largest absolute Gasteiger partial charge is 0.379 e. The Kier molecular flexibility index (Phi) is 6.47. The van der Waals surface area contributed by atoms with E-state index in [2.05, 4.69) is 16.9 Å². The predicted octanol–water partition coefficient (Wildman–Crippen LogP) is 1.52. The van der Waals surface area contributed by atoms with E-state index in [0.717, 1.165) is 57.1 Å². The van der Waals surface area contributed by atoms with Gasteiger partial charge in [-0.15, -0.1) is 0 Å². The molecule has 1 aromatic heterocycles. The Morgan fingerprint density at radius 3 is 2.59 bits per heavy atom.